The molecule has 126 valence electrons. The lowest BCUT2D eigenvalue weighted by molar-refractivity contribution is -0.385. The molecule has 0 bridgehead atoms. The van der Waals surface area contributed by atoms with Crippen LogP contribution in [0.4, 0.5) is 10.5 Å². The number of ether oxygens (including phenoxy) is 1. The van der Waals surface area contributed by atoms with Gasteiger partial charge in [-0.2, -0.15) is 0 Å². The van der Waals surface area contributed by atoms with Crippen molar-refractivity contribution in [3.63, 3.8) is 0 Å². The van der Waals surface area contributed by atoms with Gasteiger partial charge in [-0.3, -0.25) is 10.1 Å². The highest BCUT2D eigenvalue weighted by Gasteiger charge is 2.16. The van der Waals surface area contributed by atoms with Crippen molar-refractivity contribution in [3.05, 3.63) is 38.7 Å². The molecule has 0 fully saturated rings. The summed E-state index contributed by atoms with van der Waals surface area (Å²) in [6.45, 7) is 7.48. The quantitative estimate of drug-likeness (QED) is 0.379. The Balaban J connectivity index is 2.57. The minimum Gasteiger partial charge on any atom is -0.444 e. The monoisotopic (exact) mass is 341 g/mol. The van der Waals surface area contributed by atoms with Crippen LogP contribution < -0.4 is 5.32 Å². The number of carbonyl (C=O) groups excluding carboxylic acids is 1. The average Bonchev–Trinajstić information content (AvgIpc) is 2.38. The third-order valence-corrected chi connectivity index (χ3v) is 2.94. The van der Waals surface area contributed by atoms with Gasteiger partial charge >= 0.3 is 11.8 Å². The first-order chi connectivity index (χ1) is 10.6. The highest BCUT2D eigenvalue weighted by Crippen LogP contribution is 2.25. The Morgan fingerprint density at radius 1 is 1.52 bits per heavy atom. The third-order valence-electron chi connectivity index (χ3n) is 2.66. The number of nitro groups is 1. The summed E-state index contributed by atoms with van der Waals surface area (Å²) in [4.78, 5) is 25.7. The molecule has 0 unspecified atom stereocenters. The van der Waals surface area contributed by atoms with Crippen LogP contribution in [0.25, 0.3) is 6.08 Å². The number of hydrogen-bond donors (Lipinski definition) is 1. The average molecular weight is 342 g/mol. The van der Waals surface area contributed by atoms with Crippen LogP contribution in [0, 0.1) is 17.0 Å². The summed E-state index contributed by atoms with van der Waals surface area (Å²) in [6.07, 6.45) is 3.57. The number of nitrogens with one attached hydrogen (secondary N) is 1. The largest absolute Gasteiger partial charge is 0.444 e. The predicted molar refractivity (Wildman–Crippen MR) is 88.5 cm³/mol. The molecule has 0 spiro atoms. The second kappa shape index (κ2) is 7.92. The Hall–Kier alpha value is -2.15. The number of amides is 1. The second-order valence-electron chi connectivity index (χ2n) is 5.85. The van der Waals surface area contributed by atoms with Crippen molar-refractivity contribution in [3.8, 4) is 0 Å². The summed E-state index contributed by atoms with van der Waals surface area (Å²) < 4.78 is 5.10. The lowest BCUT2D eigenvalue weighted by Crippen LogP contribution is -2.32. The van der Waals surface area contributed by atoms with E-state index in [1.54, 1.807) is 39.8 Å². The van der Waals surface area contributed by atoms with E-state index in [1.807, 2.05) is 0 Å². The molecule has 1 amide bonds. The van der Waals surface area contributed by atoms with E-state index in [-0.39, 0.29) is 10.8 Å². The van der Waals surface area contributed by atoms with Crippen LogP contribution in [0.3, 0.4) is 0 Å². The fourth-order valence-corrected chi connectivity index (χ4v) is 1.91. The van der Waals surface area contributed by atoms with Gasteiger partial charge < -0.3 is 10.1 Å². The first kappa shape index (κ1) is 18.9. The molecular formula is C15H20ClN3O4. The van der Waals surface area contributed by atoms with E-state index in [0.717, 1.165) is 0 Å². The summed E-state index contributed by atoms with van der Waals surface area (Å²) in [5.74, 6) is 0. The van der Waals surface area contributed by atoms with Crippen molar-refractivity contribution < 1.29 is 14.5 Å². The van der Waals surface area contributed by atoms with E-state index in [9.17, 15) is 14.9 Å². The zero-order valence-electron chi connectivity index (χ0n) is 13.6. The van der Waals surface area contributed by atoms with Gasteiger partial charge in [0.1, 0.15) is 5.60 Å². The molecule has 0 aliphatic carbocycles. The minimum absolute atomic E-state index is 0.128. The fraction of sp³-hybridized carbons (Fsp3) is 0.467. The van der Waals surface area contributed by atoms with Crippen molar-refractivity contribution in [2.45, 2.75) is 39.7 Å². The molecule has 0 aliphatic heterocycles. The number of halogens is 1. The van der Waals surface area contributed by atoms with E-state index in [1.165, 1.54) is 6.07 Å². The van der Waals surface area contributed by atoms with Gasteiger partial charge in [0.05, 0.1) is 4.92 Å². The number of nitrogens with zero attached hydrogens (tertiary/aromatic N) is 2. The molecule has 0 aliphatic rings. The van der Waals surface area contributed by atoms with E-state index in [0.29, 0.717) is 24.2 Å². The number of carbonyl (C=O) groups is 1. The van der Waals surface area contributed by atoms with Gasteiger partial charge in [0.15, 0.2) is 0 Å². The molecule has 7 nitrogen and oxygen atoms in total. The lowest BCUT2D eigenvalue weighted by Gasteiger charge is -2.19. The Bertz CT molecular complexity index is 624. The van der Waals surface area contributed by atoms with Crippen LogP contribution in [0.1, 0.15) is 38.4 Å². The molecule has 0 saturated heterocycles. The van der Waals surface area contributed by atoms with Crippen molar-refractivity contribution in [2.24, 2.45) is 0 Å². The van der Waals surface area contributed by atoms with Gasteiger partial charge in [0, 0.05) is 23.9 Å². The maximum Gasteiger partial charge on any atom is 0.407 e. The lowest BCUT2D eigenvalue weighted by atomic mass is 10.1. The van der Waals surface area contributed by atoms with Crippen molar-refractivity contribution in [1.29, 1.82) is 0 Å². The standard InChI is InChI=1S/C15H20ClN3O4/c1-10-11(9-12(19(21)22)13(16)18-10)7-5-6-8-17-14(20)23-15(2,3)4/h5,7,9H,6,8H2,1-4H3,(H,17,20). The van der Waals surface area contributed by atoms with E-state index < -0.39 is 16.6 Å². The minimum atomic E-state index is -0.573. The molecule has 0 radical (unpaired) electrons. The van der Waals surface area contributed by atoms with Gasteiger partial charge in [-0.15, -0.1) is 0 Å². The van der Waals surface area contributed by atoms with E-state index in [4.69, 9.17) is 16.3 Å². The number of aryl methyl sites for hydroxylation is 1. The van der Waals surface area contributed by atoms with Crippen LogP contribution in [0.5, 0.6) is 0 Å². The molecule has 1 aromatic rings. The van der Waals surface area contributed by atoms with Crippen LogP contribution in [0.15, 0.2) is 12.1 Å². The summed E-state index contributed by atoms with van der Waals surface area (Å²) >= 11 is 5.73. The first-order valence-electron chi connectivity index (χ1n) is 7.05. The van der Waals surface area contributed by atoms with Crippen LogP contribution in [0.2, 0.25) is 5.15 Å². The van der Waals surface area contributed by atoms with Gasteiger partial charge in [-0.25, -0.2) is 9.78 Å². The first-order valence-corrected chi connectivity index (χ1v) is 7.43. The number of aromatic nitrogens is 1. The van der Waals surface area contributed by atoms with Crippen LogP contribution in [-0.2, 0) is 4.74 Å². The summed E-state index contributed by atoms with van der Waals surface area (Å²) in [5.41, 5.74) is 0.435. The van der Waals surface area contributed by atoms with E-state index in [2.05, 4.69) is 10.3 Å². The number of pyridine rings is 1. The molecular weight excluding hydrogens is 322 g/mol. The normalized spacial score (nSPS) is 11.5. The highest BCUT2D eigenvalue weighted by molar-refractivity contribution is 6.31. The van der Waals surface area contributed by atoms with Crippen molar-refractivity contribution in [2.75, 3.05) is 6.54 Å². The van der Waals surface area contributed by atoms with Gasteiger partial charge in [-0.1, -0.05) is 23.8 Å². The summed E-state index contributed by atoms with van der Waals surface area (Å²) in [5, 5.41) is 13.3. The molecule has 1 N–H and O–H groups in total. The van der Waals surface area contributed by atoms with Crippen molar-refractivity contribution >= 4 is 29.5 Å². The molecule has 1 rings (SSSR count). The Kier molecular flexibility index (Phi) is 6.50. The SMILES string of the molecule is Cc1nc(Cl)c([N+](=O)[O-])cc1C=CCCNC(=O)OC(C)(C)C. The Morgan fingerprint density at radius 2 is 2.17 bits per heavy atom. The topological polar surface area (TPSA) is 94.4 Å². The van der Waals surface area contributed by atoms with Crippen molar-refractivity contribution in [1.82, 2.24) is 10.3 Å². The zero-order chi connectivity index (χ0) is 17.6. The molecule has 0 aromatic carbocycles. The maximum atomic E-state index is 11.4. The third kappa shape index (κ3) is 6.65. The maximum absolute atomic E-state index is 11.4. The van der Waals surface area contributed by atoms with Crippen LogP contribution in [-0.4, -0.2) is 28.1 Å². The molecule has 0 saturated carbocycles. The Morgan fingerprint density at radius 3 is 2.74 bits per heavy atom. The Labute approximate surface area is 139 Å². The fourth-order valence-electron chi connectivity index (χ4n) is 1.66. The number of hydrogen-bond acceptors (Lipinski definition) is 5. The van der Waals surface area contributed by atoms with Gasteiger partial charge in [0.25, 0.3) is 0 Å². The van der Waals surface area contributed by atoms with Gasteiger partial charge in [0.2, 0.25) is 5.15 Å². The summed E-state index contributed by atoms with van der Waals surface area (Å²) in [7, 11) is 0. The van der Waals surface area contributed by atoms with E-state index >= 15 is 0 Å². The molecule has 0 atom stereocenters. The highest BCUT2D eigenvalue weighted by atomic mass is 35.5. The predicted octanol–water partition coefficient (Wildman–Crippen LogP) is 3.88. The molecule has 23 heavy (non-hydrogen) atoms. The smallest absolute Gasteiger partial charge is 0.407 e. The van der Waals surface area contributed by atoms with Gasteiger partial charge in [-0.05, 0) is 34.1 Å². The molecule has 1 aromatic heterocycles. The second-order valence-corrected chi connectivity index (χ2v) is 6.21. The molecule has 8 heteroatoms. The number of rotatable bonds is 5. The number of alkyl carbamates (subject to hydrolysis) is 1. The summed E-state index contributed by atoms with van der Waals surface area (Å²) in [6, 6.07) is 1.38. The zero-order valence-corrected chi connectivity index (χ0v) is 14.3. The molecule has 1 heterocycles. The van der Waals surface area contributed by atoms with Crippen LogP contribution >= 0.6 is 11.6 Å².